The molecule has 0 atom stereocenters. The Bertz CT molecular complexity index is 628. The van der Waals surface area contributed by atoms with Gasteiger partial charge in [-0.2, -0.15) is 0 Å². The monoisotopic (exact) mass is 367 g/mol. The number of halogens is 2. The Morgan fingerprint density at radius 1 is 1.19 bits per heavy atom. The van der Waals surface area contributed by atoms with Crippen molar-refractivity contribution in [1.82, 2.24) is 5.32 Å². The van der Waals surface area contributed by atoms with Crippen LogP contribution >= 0.6 is 27.5 Å². The average molecular weight is 369 g/mol. The summed E-state index contributed by atoms with van der Waals surface area (Å²) in [6.45, 7) is 7.08. The molecule has 2 rings (SSSR count). The molecule has 0 saturated heterocycles. The normalized spacial score (nSPS) is 11.0. The summed E-state index contributed by atoms with van der Waals surface area (Å²) in [4.78, 5) is 0. The van der Waals surface area contributed by atoms with Crippen LogP contribution in [0.4, 0.5) is 0 Å². The van der Waals surface area contributed by atoms with Gasteiger partial charge in [0.25, 0.3) is 0 Å². The molecule has 0 saturated carbocycles. The Morgan fingerprint density at radius 3 is 2.57 bits per heavy atom. The van der Waals surface area contributed by atoms with Crippen molar-refractivity contribution in [3.63, 3.8) is 0 Å². The minimum atomic E-state index is 0.463. The van der Waals surface area contributed by atoms with Crippen LogP contribution in [-0.4, -0.2) is 6.04 Å². The molecule has 0 fully saturated rings. The molecule has 4 heteroatoms. The summed E-state index contributed by atoms with van der Waals surface area (Å²) in [5, 5.41) is 4.12. The molecule has 0 radical (unpaired) electrons. The molecule has 1 N–H and O–H groups in total. The molecule has 2 aromatic rings. The van der Waals surface area contributed by atoms with Crippen LogP contribution in [0.15, 0.2) is 40.9 Å². The maximum absolute atomic E-state index is 5.96. The Labute approximate surface area is 139 Å². The fourth-order valence-electron chi connectivity index (χ4n) is 1.90. The molecule has 0 heterocycles. The molecule has 0 amide bonds. The van der Waals surface area contributed by atoms with Gasteiger partial charge in [-0.15, -0.1) is 0 Å². The highest BCUT2D eigenvalue weighted by atomic mass is 79.9. The molecule has 0 aromatic heterocycles. The zero-order valence-corrected chi connectivity index (χ0v) is 14.8. The van der Waals surface area contributed by atoms with Gasteiger partial charge in [-0.1, -0.05) is 47.4 Å². The largest absolute Gasteiger partial charge is 0.457 e. The first kappa shape index (κ1) is 16.3. The molecule has 0 aliphatic rings. The van der Waals surface area contributed by atoms with Gasteiger partial charge in [-0.25, -0.2) is 0 Å². The van der Waals surface area contributed by atoms with E-state index in [0.29, 0.717) is 6.04 Å². The second-order valence-corrected chi connectivity index (χ2v) is 6.59. The lowest BCUT2D eigenvalue weighted by Crippen LogP contribution is -2.21. The van der Waals surface area contributed by atoms with Crippen molar-refractivity contribution < 1.29 is 4.74 Å². The average Bonchev–Trinajstić information content (AvgIpc) is 2.41. The zero-order chi connectivity index (χ0) is 15.4. The number of aryl methyl sites for hydroxylation is 1. The van der Waals surface area contributed by atoms with Crippen molar-refractivity contribution in [3.8, 4) is 11.5 Å². The van der Waals surface area contributed by atoms with E-state index in [0.717, 1.165) is 33.1 Å². The van der Waals surface area contributed by atoms with Crippen molar-refractivity contribution >= 4 is 27.5 Å². The molecule has 2 nitrogen and oxygen atoms in total. The number of ether oxygens (including phenoxy) is 1. The predicted octanol–water partition coefficient (Wildman–Crippen LogP) is 5.70. The van der Waals surface area contributed by atoms with Crippen LogP contribution in [0.5, 0.6) is 11.5 Å². The summed E-state index contributed by atoms with van der Waals surface area (Å²) < 4.78 is 6.96. The van der Waals surface area contributed by atoms with E-state index in [1.54, 1.807) is 0 Å². The van der Waals surface area contributed by atoms with Gasteiger partial charge >= 0.3 is 0 Å². The molecule has 2 aromatic carbocycles. The van der Waals surface area contributed by atoms with E-state index in [-0.39, 0.29) is 0 Å². The quantitative estimate of drug-likeness (QED) is 0.730. The second-order valence-electron chi connectivity index (χ2n) is 5.30. The van der Waals surface area contributed by atoms with Gasteiger partial charge in [0, 0.05) is 22.1 Å². The Morgan fingerprint density at radius 2 is 1.95 bits per heavy atom. The third-order valence-corrected chi connectivity index (χ3v) is 4.06. The lowest BCUT2D eigenvalue weighted by atomic mass is 10.2. The maximum Gasteiger partial charge on any atom is 0.130 e. The maximum atomic E-state index is 5.96. The van der Waals surface area contributed by atoms with Crippen molar-refractivity contribution in [3.05, 3.63) is 57.0 Å². The fourth-order valence-corrected chi connectivity index (χ4v) is 2.63. The molecule has 0 spiro atoms. The molecule has 0 bridgehead atoms. The standard InChI is InChI=1S/C17H19BrClNO/c1-11(2)20-10-13-4-6-15(9-16(13)18)21-17-7-5-14(19)8-12(17)3/h4-9,11,20H,10H2,1-3H3. The van der Waals surface area contributed by atoms with Crippen LogP contribution in [-0.2, 0) is 6.54 Å². The third kappa shape index (κ3) is 4.73. The SMILES string of the molecule is Cc1cc(Cl)ccc1Oc1ccc(CNC(C)C)c(Br)c1. The highest BCUT2D eigenvalue weighted by Crippen LogP contribution is 2.30. The van der Waals surface area contributed by atoms with Crippen LogP contribution in [0.1, 0.15) is 25.0 Å². The van der Waals surface area contributed by atoms with Gasteiger partial charge in [-0.05, 0) is 48.4 Å². The highest BCUT2D eigenvalue weighted by Gasteiger charge is 2.06. The first-order valence-electron chi connectivity index (χ1n) is 6.91. The van der Waals surface area contributed by atoms with E-state index in [9.17, 15) is 0 Å². The van der Waals surface area contributed by atoms with Crippen LogP contribution in [0.25, 0.3) is 0 Å². The number of benzene rings is 2. The first-order valence-corrected chi connectivity index (χ1v) is 8.08. The topological polar surface area (TPSA) is 21.3 Å². The number of rotatable bonds is 5. The van der Waals surface area contributed by atoms with E-state index in [1.807, 2.05) is 37.3 Å². The summed E-state index contributed by atoms with van der Waals surface area (Å²) in [6, 6.07) is 12.1. The summed E-state index contributed by atoms with van der Waals surface area (Å²) in [5.41, 5.74) is 2.23. The minimum Gasteiger partial charge on any atom is -0.457 e. The minimum absolute atomic E-state index is 0.463. The summed E-state index contributed by atoms with van der Waals surface area (Å²) in [7, 11) is 0. The molecule has 0 unspecified atom stereocenters. The first-order chi connectivity index (χ1) is 9.95. The lowest BCUT2D eigenvalue weighted by molar-refractivity contribution is 0.478. The molecule has 0 aliphatic heterocycles. The van der Waals surface area contributed by atoms with Crippen LogP contribution in [0.2, 0.25) is 5.02 Å². The lowest BCUT2D eigenvalue weighted by Gasteiger charge is -2.13. The molecule has 0 aliphatic carbocycles. The Hall–Kier alpha value is -1.03. The van der Waals surface area contributed by atoms with Crippen molar-refractivity contribution in [1.29, 1.82) is 0 Å². The van der Waals surface area contributed by atoms with E-state index in [4.69, 9.17) is 16.3 Å². The summed E-state index contributed by atoms with van der Waals surface area (Å²) in [6.07, 6.45) is 0. The third-order valence-electron chi connectivity index (χ3n) is 3.09. The van der Waals surface area contributed by atoms with Crippen molar-refractivity contribution in [2.75, 3.05) is 0 Å². The second kappa shape index (κ2) is 7.30. The molecular weight excluding hydrogens is 350 g/mol. The van der Waals surface area contributed by atoms with Gasteiger partial charge in [0.15, 0.2) is 0 Å². The van der Waals surface area contributed by atoms with Crippen molar-refractivity contribution in [2.45, 2.75) is 33.4 Å². The van der Waals surface area contributed by atoms with E-state index < -0.39 is 0 Å². The number of nitrogens with one attached hydrogen (secondary N) is 1. The predicted molar refractivity (Wildman–Crippen MR) is 92.4 cm³/mol. The van der Waals surface area contributed by atoms with E-state index in [1.165, 1.54) is 5.56 Å². The van der Waals surface area contributed by atoms with Gasteiger partial charge in [-0.3, -0.25) is 0 Å². The van der Waals surface area contributed by atoms with Crippen molar-refractivity contribution in [2.24, 2.45) is 0 Å². The number of hydrogen-bond acceptors (Lipinski definition) is 2. The summed E-state index contributed by atoms with van der Waals surface area (Å²) >= 11 is 9.56. The molecular formula is C17H19BrClNO. The fraction of sp³-hybridized carbons (Fsp3) is 0.294. The van der Waals surface area contributed by atoms with Gasteiger partial charge < -0.3 is 10.1 Å². The van der Waals surface area contributed by atoms with Crippen LogP contribution in [0, 0.1) is 6.92 Å². The van der Waals surface area contributed by atoms with E-state index >= 15 is 0 Å². The van der Waals surface area contributed by atoms with Gasteiger partial charge in [0.2, 0.25) is 0 Å². The van der Waals surface area contributed by atoms with Gasteiger partial charge in [0.05, 0.1) is 0 Å². The zero-order valence-electron chi connectivity index (χ0n) is 12.4. The Kier molecular flexibility index (Phi) is 5.68. The molecule has 112 valence electrons. The smallest absolute Gasteiger partial charge is 0.130 e. The Balaban J connectivity index is 2.12. The van der Waals surface area contributed by atoms with E-state index in [2.05, 4.69) is 41.2 Å². The highest BCUT2D eigenvalue weighted by molar-refractivity contribution is 9.10. The molecule has 21 heavy (non-hydrogen) atoms. The van der Waals surface area contributed by atoms with Crippen LogP contribution < -0.4 is 10.1 Å². The van der Waals surface area contributed by atoms with Gasteiger partial charge in [0.1, 0.15) is 11.5 Å². The van der Waals surface area contributed by atoms with Crippen LogP contribution in [0.3, 0.4) is 0 Å². The summed E-state index contributed by atoms with van der Waals surface area (Å²) in [5.74, 6) is 1.62. The number of hydrogen-bond donors (Lipinski definition) is 1.